The van der Waals surface area contributed by atoms with E-state index in [0.29, 0.717) is 33.9 Å². The number of carbonyl (C=O) groups is 1. The third-order valence-corrected chi connectivity index (χ3v) is 5.06. The SMILES string of the molecule is Cc1cn(-c2ccc(-c3cc(C)c(N[C@@H](C(=O)[O-])c4ccc(F)cc4)nn3)nc2CO)cn1. The third-order valence-electron chi connectivity index (χ3n) is 5.06. The lowest BCUT2D eigenvalue weighted by Crippen LogP contribution is -2.34. The van der Waals surface area contributed by atoms with Crippen molar-refractivity contribution in [2.24, 2.45) is 0 Å². The number of hydrogen-bond acceptors (Lipinski definition) is 8. The number of benzene rings is 1. The first kappa shape index (κ1) is 22.0. The second-order valence-corrected chi connectivity index (χ2v) is 7.45. The quantitative estimate of drug-likeness (QED) is 0.439. The maximum absolute atomic E-state index is 13.2. The molecule has 2 N–H and O–H groups in total. The van der Waals surface area contributed by atoms with Gasteiger partial charge in [-0.15, -0.1) is 10.2 Å². The van der Waals surface area contributed by atoms with Crippen LogP contribution in [0.3, 0.4) is 0 Å². The van der Waals surface area contributed by atoms with Crippen LogP contribution in [0.1, 0.15) is 28.6 Å². The van der Waals surface area contributed by atoms with E-state index in [1.807, 2.05) is 13.1 Å². The summed E-state index contributed by atoms with van der Waals surface area (Å²) in [5, 5.41) is 32.5. The van der Waals surface area contributed by atoms with Gasteiger partial charge in [0.2, 0.25) is 0 Å². The lowest BCUT2D eigenvalue weighted by molar-refractivity contribution is -0.307. The molecule has 33 heavy (non-hydrogen) atoms. The number of rotatable bonds is 7. The number of aliphatic hydroxyl groups is 1. The minimum atomic E-state index is -1.38. The molecule has 0 fully saturated rings. The van der Waals surface area contributed by atoms with Gasteiger partial charge in [0.05, 0.1) is 47.7 Å². The molecule has 4 aromatic rings. The highest BCUT2D eigenvalue weighted by molar-refractivity contribution is 5.77. The van der Waals surface area contributed by atoms with Gasteiger partial charge in [-0.3, -0.25) is 0 Å². The van der Waals surface area contributed by atoms with E-state index in [4.69, 9.17) is 0 Å². The number of carbonyl (C=O) groups excluding carboxylic acids is 1. The number of hydrogen-bond donors (Lipinski definition) is 2. The van der Waals surface area contributed by atoms with Gasteiger partial charge >= 0.3 is 0 Å². The van der Waals surface area contributed by atoms with Crippen molar-refractivity contribution < 1.29 is 19.4 Å². The summed E-state index contributed by atoms with van der Waals surface area (Å²) in [5.74, 6) is -1.61. The van der Waals surface area contributed by atoms with E-state index >= 15 is 0 Å². The fourth-order valence-corrected chi connectivity index (χ4v) is 3.36. The van der Waals surface area contributed by atoms with E-state index in [1.54, 1.807) is 36.0 Å². The summed E-state index contributed by atoms with van der Waals surface area (Å²) < 4.78 is 15.0. The highest BCUT2D eigenvalue weighted by atomic mass is 19.1. The second kappa shape index (κ2) is 9.13. The standard InChI is InChI=1S/C23H21FN6O3/c1-13-9-18(17-7-8-20(19(11-31)26-17)30-10-14(2)25-12-30)28-29-22(13)27-21(23(32)33)15-3-5-16(24)6-4-15/h3-10,12,21,31H,11H2,1-2H3,(H,27,29)(H,32,33)/p-1/t21-/m1/s1. The number of anilines is 1. The molecule has 3 heterocycles. The lowest BCUT2D eigenvalue weighted by atomic mass is 10.1. The van der Waals surface area contributed by atoms with Crippen LogP contribution in [0, 0.1) is 19.7 Å². The Labute approximate surface area is 188 Å². The Morgan fingerprint density at radius 1 is 1.15 bits per heavy atom. The van der Waals surface area contributed by atoms with Gasteiger partial charge in [-0.05, 0) is 55.3 Å². The molecule has 0 radical (unpaired) electrons. The van der Waals surface area contributed by atoms with Gasteiger partial charge in [-0.1, -0.05) is 12.1 Å². The number of imidazole rings is 1. The minimum absolute atomic E-state index is 0.241. The summed E-state index contributed by atoms with van der Waals surface area (Å²) in [4.78, 5) is 20.3. The van der Waals surface area contributed by atoms with Crippen molar-refractivity contribution >= 4 is 11.8 Å². The number of aryl methyl sites for hydroxylation is 2. The Kier molecular flexibility index (Phi) is 6.09. The van der Waals surface area contributed by atoms with Crippen LogP contribution < -0.4 is 10.4 Å². The van der Waals surface area contributed by atoms with Crippen molar-refractivity contribution in [3.8, 4) is 17.1 Å². The van der Waals surface area contributed by atoms with Crippen molar-refractivity contribution in [1.29, 1.82) is 0 Å². The zero-order chi connectivity index (χ0) is 23.5. The average Bonchev–Trinajstić information content (AvgIpc) is 3.24. The van der Waals surface area contributed by atoms with Crippen LogP contribution in [0.5, 0.6) is 0 Å². The number of pyridine rings is 1. The topological polar surface area (TPSA) is 129 Å². The zero-order valence-corrected chi connectivity index (χ0v) is 17.9. The second-order valence-electron chi connectivity index (χ2n) is 7.45. The fraction of sp³-hybridized carbons (Fsp3) is 0.174. The van der Waals surface area contributed by atoms with E-state index in [0.717, 1.165) is 5.69 Å². The molecule has 10 heteroatoms. The average molecular weight is 447 g/mol. The molecule has 0 spiro atoms. The Hall–Kier alpha value is -4.18. The first-order chi connectivity index (χ1) is 15.9. The van der Waals surface area contributed by atoms with Gasteiger partial charge in [0.25, 0.3) is 0 Å². The summed E-state index contributed by atoms with van der Waals surface area (Å²) in [5.41, 5.74) is 3.87. The number of aliphatic hydroxyl groups excluding tert-OH is 1. The summed E-state index contributed by atoms with van der Waals surface area (Å²) in [6.45, 7) is 3.33. The molecule has 0 aliphatic carbocycles. The molecular formula is C23H20FN6O3-. The molecule has 1 atom stereocenters. The zero-order valence-electron chi connectivity index (χ0n) is 17.9. The number of halogens is 1. The van der Waals surface area contributed by atoms with Crippen LogP contribution in [-0.2, 0) is 11.4 Å². The summed E-state index contributed by atoms with van der Waals surface area (Å²) in [6.07, 6.45) is 3.47. The molecule has 3 aromatic heterocycles. The van der Waals surface area contributed by atoms with Crippen LogP contribution in [-0.4, -0.2) is 35.8 Å². The molecule has 0 bridgehead atoms. The molecule has 168 valence electrons. The largest absolute Gasteiger partial charge is 0.548 e. The summed E-state index contributed by atoms with van der Waals surface area (Å²) >= 11 is 0. The van der Waals surface area contributed by atoms with Crippen molar-refractivity contribution in [3.05, 3.63) is 83.3 Å². The molecule has 0 aliphatic heterocycles. The molecule has 9 nitrogen and oxygen atoms in total. The van der Waals surface area contributed by atoms with Gasteiger partial charge < -0.3 is 24.9 Å². The molecule has 0 unspecified atom stereocenters. The van der Waals surface area contributed by atoms with Crippen LogP contribution >= 0.6 is 0 Å². The number of carboxylic acids is 1. The molecule has 0 aliphatic rings. The van der Waals surface area contributed by atoms with Crippen LogP contribution in [0.4, 0.5) is 10.2 Å². The Morgan fingerprint density at radius 3 is 2.52 bits per heavy atom. The number of nitrogens with zero attached hydrogens (tertiary/aromatic N) is 5. The van der Waals surface area contributed by atoms with E-state index in [9.17, 15) is 19.4 Å². The highest BCUT2D eigenvalue weighted by Crippen LogP contribution is 2.25. The van der Waals surface area contributed by atoms with Gasteiger partial charge in [0.1, 0.15) is 11.5 Å². The molecule has 0 saturated carbocycles. The van der Waals surface area contributed by atoms with Gasteiger partial charge in [0, 0.05) is 6.20 Å². The number of carboxylic acid groups (broad SMARTS) is 1. The Bertz CT molecular complexity index is 1310. The van der Waals surface area contributed by atoms with Crippen molar-refractivity contribution in [3.63, 3.8) is 0 Å². The lowest BCUT2D eigenvalue weighted by Gasteiger charge is -2.21. The van der Waals surface area contributed by atoms with E-state index in [1.165, 1.54) is 24.3 Å². The maximum Gasteiger partial charge on any atom is 0.152 e. The predicted octanol–water partition coefficient (Wildman–Crippen LogP) is 1.88. The number of aromatic nitrogens is 5. The number of nitrogens with one attached hydrogen (secondary N) is 1. The Balaban J connectivity index is 1.62. The highest BCUT2D eigenvalue weighted by Gasteiger charge is 2.17. The Morgan fingerprint density at radius 2 is 1.91 bits per heavy atom. The van der Waals surface area contributed by atoms with Crippen LogP contribution in [0.15, 0.2) is 55.0 Å². The van der Waals surface area contributed by atoms with Gasteiger partial charge in [-0.2, -0.15) is 0 Å². The van der Waals surface area contributed by atoms with Gasteiger partial charge in [-0.25, -0.2) is 14.4 Å². The monoisotopic (exact) mass is 447 g/mol. The van der Waals surface area contributed by atoms with Crippen LogP contribution in [0.2, 0.25) is 0 Å². The predicted molar refractivity (Wildman–Crippen MR) is 116 cm³/mol. The van der Waals surface area contributed by atoms with E-state index in [-0.39, 0.29) is 12.4 Å². The smallest absolute Gasteiger partial charge is 0.152 e. The van der Waals surface area contributed by atoms with Crippen LogP contribution in [0.25, 0.3) is 17.1 Å². The fourth-order valence-electron chi connectivity index (χ4n) is 3.36. The maximum atomic E-state index is 13.2. The molecule has 4 rings (SSSR count). The summed E-state index contributed by atoms with van der Waals surface area (Å²) in [7, 11) is 0. The van der Waals surface area contributed by atoms with Crippen molar-refractivity contribution in [2.75, 3.05) is 5.32 Å². The van der Waals surface area contributed by atoms with E-state index in [2.05, 4.69) is 25.5 Å². The van der Waals surface area contributed by atoms with Gasteiger partial charge in [0.15, 0.2) is 5.82 Å². The number of aliphatic carboxylic acids is 1. The molecule has 1 aromatic carbocycles. The normalized spacial score (nSPS) is 11.9. The first-order valence-corrected chi connectivity index (χ1v) is 10.0. The van der Waals surface area contributed by atoms with Crippen molar-refractivity contribution in [1.82, 2.24) is 24.7 Å². The molecule has 0 saturated heterocycles. The van der Waals surface area contributed by atoms with E-state index < -0.39 is 17.8 Å². The minimum Gasteiger partial charge on any atom is -0.548 e. The third kappa shape index (κ3) is 4.70. The molecule has 0 amide bonds. The molecular weight excluding hydrogens is 427 g/mol. The van der Waals surface area contributed by atoms with Crippen molar-refractivity contribution in [2.45, 2.75) is 26.5 Å². The summed E-state index contributed by atoms with van der Waals surface area (Å²) in [6, 6.07) is 9.11. The first-order valence-electron chi connectivity index (χ1n) is 10.0.